The summed E-state index contributed by atoms with van der Waals surface area (Å²) >= 11 is 0. The fourth-order valence-electron chi connectivity index (χ4n) is 0.262. The molecule has 0 aromatic carbocycles. The Labute approximate surface area is 67.0 Å². The van der Waals surface area contributed by atoms with E-state index in [-0.39, 0.29) is 5.97 Å². The van der Waals surface area contributed by atoms with Crippen molar-refractivity contribution in [3.8, 4) is 0 Å². The van der Waals surface area contributed by atoms with Crippen molar-refractivity contribution in [1.29, 1.82) is 0 Å². The number of ether oxygens (including phenoxy) is 1. The van der Waals surface area contributed by atoms with Gasteiger partial charge in [-0.05, 0) is 6.42 Å². The summed E-state index contributed by atoms with van der Waals surface area (Å²) in [6.07, 6.45) is 2.77. The quantitative estimate of drug-likeness (QED) is 0.387. The predicted octanol–water partition coefficient (Wildman–Crippen LogP) is 1.81. The van der Waals surface area contributed by atoms with Gasteiger partial charge in [0.25, 0.3) is 0 Å². The van der Waals surface area contributed by atoms with E-state index in [4.69, 9.17) is 5.11 Å². The molecule has 11 heavy (non-hydrogen) atoms. The summed E-state index contributed by atoms with van der Waals surface area (Å²) in [5, 5.41) is 7.33. The van der Waals surface area contributed by atoms with Crippen LogP contribution >= 0.6 is 0 Å². The molecule has 0 aliphatic rings. The highest BCUT2D eigenvalue weighted by Gasteiger charge is 1.89. The van der Waals surface area contributed by atoms with Gasteiger partial charge in [0.05, 0.1) is 12.9 Å². The summed E-state index contributed by atoms with van der Waals surface area (Å²) in [7, 11) is 0. The molecule has 0 heterocycles. The first-order valence-corrected chi connectivity index (χ1v) is 3.27. The monoisotopic (exact) mass is 158 g/mol. The molecule has 1 N–H and O–H groups in total. The molecule has 3 heteroatoms. The van der Waals surface area contributed by atoms with E-state index in [1.165, 1.54) is 0 Å². The van der Waals surface area contributed by atoms with E-state index < -0.39 is 0 Å². The van der Waals surface area contributed by atoms with E-state index in [2.05, 4.69) is 17.9 Å². The molecule has 0 saturated carbocycles. The lowest BCUT2D eigenvalue weighted by molar-refractivity contribution is -0.137. The number of carbonyl (C=O) groups is 1. The zero-order valence-electron chi connectivity index (χ0n) is 6.75. The van der Waals surface area contributed by atoms with Crippen molar-refractivity contribution in [1.82, 2.24) is 0 Å². The van der Waals surface area contributed by atoms with E-state index in [9.17, 15) is 4.79 Å². The fourth-order valence-corrected chi connectivity index (χ4v) is 0.262. The lowest BCUT2D eigenvalue weighted by Crippen LogP contribution is -1.99. The molecule has 0 fully saturated rings. The third-order valence-electron chi connectivity index (χ3n) is 0.615. The van der Waals surface area contributed by atoms with Gasteiger partial charge in [0.1, 0.15) is 0 Å². The topological polar surface area (TPSA) is 46.5 Å². The lowest BCUT2D eigenvalue weighted by Gasteiger charge is -1.94. The van der Waals surface area contributed by atoms with Crippen LogP contribution in [0.4, 0.5) is 0 Å². The van der Waals surface area contributed by atoms with Gasteiger partial charge in [0.2, 0.25) is 0 Å². The Morgan fingerprint density at radius 3 is 2.36 bits per heavy atom. The number of hydrogen-bond acceptors (Lipinski definition) is 3. The predicted molar refractivity (Wildman–Crippen MR) is 44.3 cm³/mol. The summed E-state index contributed by atoms with van der Waals surface area (Å²) in [4.78, 5) is 10.2. The molecule has 0 amide bonds. The van der Waals surface area contributed by atoms with Crippen LogP contribution < -0.4 is 0 Å². The summed E-state index contributed by atoms with van der Waals surface area (Å²) in [5.41, 5.74) is 0. The van der Waals surface area contributed by atoms with E-state index in [1.54, 1.807) is 0 Å². The number of carbonyl (C=O) groups excluding carboxylic acids is 1. The smallest absolute Gasteiger partial charge is 0.330 e. The average molecular weight is 158 g/mol. The van der Waals surface area contributed by atoms with Crippen LogP contribution in [0.25, 0.3) is 0 Å². The zero-order valence-corrected chi connectivity index (χ0v) is 6.75. The first-order valence-electron chi connectivity index (χ1n) is 3.27. The third-order valence-corrected chi connectivity index (χ3v) is 0.615. The van der Waals surface area contributed by atoms with Gasteiger partial charge in [0, 0.05) is 6.08 Å². The van der Waals surface area contributed by atoms with Crippen LogP contribution in [-0.4, -0.2) is 17.7 Å². The Kier molecular flexibility index (Phi) is 13.0. The number of esters is 1. The Bertz CT molecular complexity index is 119. The Morgan fingerprint density at radius 1 is 1.64 bits per heavy atom. The minimum Gasteiger partial charge on any atom is -0.516 e. The molecule has 0 radical (unpaired) electrons. The van der Waals surface area contributed by atoms with E-state index in [0.29, 0.717) is 6.61 Å². The lowest BCUT2D eigenvalue weighted by atomic mass is 10.5. The number of hydrogen-bond donors (Lipinski definition) is 1. The molecular formula is C8H14O3. The van der Waals surface area contributed by atoms with Crippen LogP contribution in [0.1, 0.15) is 13.3 Å². The van der Waals surface area contributed by atoms with Crippen LogP contribution in [0.2, 0.25) is 0 Å². The maximum atomic E-state index is 10.2. The molecule has 0 aliphatic carbocycles. The standard InChI is InChI=1S/C6H10O2.C2H4O/c1-3-5-8-6(7)4-2;1-2-3/h4H,2-3,5H2,1H3;2-3H,1H2. The SMILES string of the molecule is C=CC(=O)OCCC.C=CO. The molecular weight excluding hydrogens is 144 g/mol. The van der Waals surface area contributed by atoms with Gasteiger partial charge in [-0.15, -0.1) is 0 Å². The molecule has 0 bridgehead atoms. The van der Waals surface area contributed by atoms with Gasteiger partial charge >= 0.3 is 5.97 Å². The molecule has 0 aromatic heterocycles. The molecule has 0 aromatic rings. The molecule has 3 nitrogen and oxygen atoms in total. The van der Waals surface area contributed by atoms with Crippen molar-refractivity contribution >= 4 is 5.97 Å². The minimum absolute atomic E-state index is 0.341. The zero-order chi connectivity index (χ0) is 9.11. The molecule has 0 unspecified atom stereocenters. The minimum atomic E-state index is -0.341. The fraction of sp³-hybridized carbons (Fsp3) is 0.375. The maximum Gasteiger partial charge on any atom is 0.330 e. The van der Waals surface area contributed by atoms with Crippen molar-refractivity contribution in [3.63, 3.8) is 0 Å². The second kappa shape index (κ2) is 11.5. The molecule has 0 atom stereocenters. The van der Waals surface area contributed by atoms with E-state index in [0.717, 1.165) is 18.8 Å². The first kappa shape index (κ1) is 12.4. The molecule has 0 spiro atoms. The highest BCUT2D eigenvalue weighted by Crippen LogP contribution is 1.81. The van der Waals surface area contributed by atoms with Crippen molar-refractivity contribution in [2.75, 3.05) is 6.61 Å². The van der Waals surface area contributed by atoms with Crippen molar-refractivity contribution in [3.05, 3.63) is 25.5 Å². The number of aliphatic hydroxyl groups excluding tert-OH is 1. The van der Waals surface area contributed by atoms with E-state index >= 15 is 0 Å². The van der Waals surface area contributed by atoms with E-state index in [1.807, 2.05) is 6.92 Å². The second-order valence-corrected chi connectivity index (χ2v) is 1.55. The number of aliphatic hydroxyl groups is 1. The molecule has 64 valence electrons. The Hall–Kier alpha value is -1.25. The maximum absolute atomic E-state index is 10.2. The largest absolute Gasteiger partial charge is 0.516 e. The molecule has 0 rings (SSSR count). The van der Waals surface area contributed by atoms with Gasteiger partial charge in [-0.1, -0.05) is 20.1 Å². The van der Waals surface area contributed by atoms with Crippen LogP contribution in [0.5, 0.6) is 0 Å². The van der Waals surface area contributed by atoms with Gasteiger partial charge in [-0.25, -0.2) is 4.79 Å². The molecule has 0 aliphatic heterocycles. The van der Waals surface area contributed by atoms with Crippen molar-refractivity contribution in [2.45, 2.75) is 13.3 Å². The summed E-state index contributed by atoms with van der Waals surface area (Å²) in [6, 6.07) is 0. The Morgan fingerprint density at radius 2 is 2.09 bits per heavy atom. The summed E-state index contributed by atoms with van der Waals surface area (Å²) in [6.45, 7) is 8.59. The van der Waals surface area contributed by atoms with Crippen LogP contribution in [-0.2, 0) is 9.53 Å². The summed E-state index contributed by atoms with van der Waals surface area (Å²) < 4.78 is 4.58. The second-order valence-electron chi connectivity index (χ2n) is 1.55. The highest BCUT2D eigenvalue weighted by atomic mass is 16.5. The first-order chi connectivity index (χ1) is 5.22. The van der Waals surface area contributed by atoms with Crippen LogP contribution in [0, 0.1) is 0 Å². The average Bonchev–Trinajstić information content (AvgIpc) is 2.02. The highest BCUT2D eigenvalue weighted by molar-refractivity contribution is 5.81. The third kappa shape index (κ3) is 17.7. The normalized spacial score (nSPS) is 7.00. The van der Waals surface area contributed by atoms with Crippen LogP contribution in [0.15, 0.2) is 25.5 Å². The van der Waals surface area contributed by atoms with Crippen molar-refractivity contribution in [2.24, 2.45) is 0 Å². The Balaban J connectivity index is 0. The van der Waals surface area contributed by atoms with Gasteiger partial charge in [-0.3, -0.25) is 0 Å². The van der Waals surface area contributed by atoms with Gasteiger partial charge in [0.15, 0.2) is 0 Å². The van der Waals surface area contributed by atoms with Crippen LogP contribution in [0.3, 0.4) is 0 Å². The molecule has 0 saturated heterocycles. The van der Waals surface area contributed by atoms with Gasteiger partial charge < -0.3 is 9.84 Å². The van der Waals surface area contributed by atoms with Crippen molar-refractivity contribution < 1.29 is 14.6 Å². The number of rotatable bonds is 3. The summed E-state index contributed by atoms with van der Waals surface area (Å²) in [5.74, 6) is -0.341. The van der Waals surface area contributed by atoms with Gasteiger partial charge in [-0.2, -0.15) is 0 Å².